The zero-order valence-corrected chi connectivity index (χ0v) is 15.9. The highest BCUT2D eigenvalue weighted by molar-refractivity contribution is 6.35. The Morgan fingerprint density at radius 1 is 0.964 bits per heavy atom. The van der Waals surface area contributed by atoms with Crippen LogP contribution in [0.4, 0.5) is 0 Å². The molecule has 28 heavy (non-hydrogen) atoms. The highest BCUT2D eigenvalue weighted by atomic mass is 16.5. The van der Waals surface area contributed by atoms with Crippen LogP contribution in [0.2, 0.25) is 0 Å². The SMILES string of the molecule is COc1ccccc1C1=C(N2CCCCC2)C(=O)N(Cc2ccccn2)C1=O. The van der Waals surface area contributed by atoms with E-state index in [1.54, 1.807) is 13.3 Å². The number of carbonyl (C=O) groups excluding carboxylic acids is 2. The lowest BCUT2D eigenvalue weighted by atomic mass is 10.0. The number of rotatable bonds is 5. The predicted molar refractivity (Wildman–Crippen MR) is 105 cm³/mol. The van der Waals surface area contributed by atoms with E-state index in [0.29, 0.717) is 28.3 Å². The minimum atomic E-state index is -0.291. The number of imide groups is 1. The van der Waals surface area contributed by atoms with Crippen LogP contribution in [0.1, 0.15) is 30.5 Å². The number of hydrogen-bond acceptors (Lipinski definition) is 5. The number of methoxy groups -OCH3 is 1. The van der Waals surface area contributed by atoms with E-state index in [1.807, 2.05) is 42.5 Å². The van der Waals surface area contributed by atoms with Gasteiger partial charge in [-0.15, -0.1) is 0 Å². The van der Waals surface area contributed by atoms with Gasteiger partial charge in [0, 0.05) is 24.8 Å². The predicted octanol–water partition coefficient (Wildman–Crippen LogP) is 2.86. The van der Waals surface area contributed by atoms with E-state index >= 15 is 0 Å². The third-order valence-corrected chi connectivity index (χ3v) is 5.24. The third kappa shape index (κ3) is 3.26. The first-order chi connectivity index (χ1) is 13.7. The van der Waals surface area contributed by atoms with Crippen molar-refractivity contribution in [3.05, 3.63) is 65.6 Å². The summed E-state index contributed by atoms with van der Waals surface area (Å²) in [7, 11) is 1.58. The molecule has 0 unspecified atom stereocenters. The second kappa shape index (κ2) is 7.84. The number of hydrogen-bond donors (Lipinski definition) is 0. The van der Waals surface area contributed by atoms with Crippen molar-refractivity contribution in [2.24, 2.45) is 0 Å². The number of amides is 2. The van der Waals surface area contributed by atoms with Crippen molar-refractivity contribution < 1.29 is 14.3 Å². The fourth-order valence-electron chi connectivity index (χ4n) is 3.87. The quantitative estimate of drug-likeness (QED) is 0.750. The maximum absolute atomic E-state index is 13.4. The number of piperidine rings is 1. The molecule has 2 aliphatic heterocycles. The van der Waals surface area contributed by atoms with Crippen LogP contribution < -0.4 is 4.74 Å². The van der Waals surface area contributed by atoms with Gasteiger partial charge in [0.15, 0.2) is 0 Å². The second-order valence-corrected chi connectivity index (χ2v) is 6.99. The summed E-state index contributed by atoms with van der Waals surface area (Å²) >= 11 is 0. The Hall–Kier alpha value is -3.15. The molecule has 0 atom stereocenters. The number of pyridine rings is 1. The molecule has 1 aromatic carbocycles. The van der Waals surface area contributed by atoms with Gasteiger partial charge in [0.2, 0.25) is 0 Å². The van der Waals surface area contributed by atoms with Gasteiger partial charge in [-0.2, -0.15) is 0 Å². The number of likely N-dealkylation sites (tertiary alicyclic amines) is 1. The molecule has 2 amide bonds. The number of benzene rings is 1. The first-order valence-electron chi connectivity index (χ1n) is 9.59. The smallest absolute Gasteiger partial charge is 0.278 e. The molecule has 6 heteroatoms. The monoisotopic (exact) mass is 377 g/mol. The highest BCUT2D eigenvalue weighted by Gasteiger charge is 2.42. The van der Waals surface area contributed by atoms with Crippen LogP contribution in [0.3, 0.4) is 0 Å². The van der Waals surface area contributed by atoms with E-state index in [2.05, 4.69) is 9.88 Å². The molecule has 144 valence electrons. The largest absolute Gasteiger partial charge is 0.496 e. The number of nitrogens with zero attached hydrogens (tertiary/aromatic N) is 3. The number of carbonyl (C=O) groups is 2. The Balaban J connectivity index is 1.78. The summed E-state index contributed by atoms with van der Waals surface area (Å²) in [6, 6.07) is 12.9. The summed E-state index contributed by atoms with van der Waals surface area (Å²) in [6.07, 6.45) is 4.85. The van der Waals surface area contributed by atoms with Crippen molar-refractivity contribution in [3.8, 4) is 5.75 Å². The summed E-state index contributed by atoms with van der Waals surface area (Å²) < 4.78 is 5.48. The molecule has 1 aromatic heterocycles. The van der Waals surface area contributed by atoms with Gasteiger partial charge in [-0.1, -0.05) is 24.3 Å². The van der Waals surface area contributed by atoms with E-state index < -0.39 is 0 Å². The van der Waals surface area contributed by atoms with Crippen molar-refractivity contribution in [3.63, 3.8) is 0 Å². The maximum Gasteiger partial charge on any atom is 0.278 e. The lowest BCUT2D eigenvalue weighted by Crippen LogP contribution is -2.37. The second-order valence-electron chi connectivity index (χ2n) is 6.99. The number of aromatic nitrogens is 1. The highest BCUT2D eigenvalue weighted by Crippen LogP contribution is 2.37. The molecule has 6 nitrogen and oxygen atoms in total. The summed E-state index contributed by atoms with van der Waals surface area (Å²) in [5.74, 6) is 0.0482. The van der Waals surface area contributed by atoms with Gasteiger partial charge in [0.25, 0.3) is 11.8 Å². The van der Waals surface area contributed by atoms with Gasteiger partial charge in [-0.25, -0.2) is 0 Å². The van der Waals surface area contributed by atoms with Crippen molar-refractivity contribution >= 4 is 17.4 Å². The Morgan fingerprint density at radius 3 is 2.43 bits per heavy atom. The van der Waals surface area contributed by atoms with E-state index in [1.165, 1.54) is 4.90 Å². The molecule has 0 N–H and O–H groups in total. The maximum atomic E-state index is 13.4. The summed E-state index contributed by atoms with van der Waals surface area (Å²) in [6.45, 7) is 1.73. The fraction of sp³-hybridized carbons (Fsp3) is 0.318. The van der Waals surface area contributed by atoms with Crippen LogP contribution in [0.15, 0.2) is 54.4 Å². The summed E-state index contributed by atoms with van der Waals surface area (Å²) in [4.78, 5) is 34.4. The number of para-hydroxylation sites is 1. The molecule has 0 aliphatic carbocycles. The van der Waals surface area contributed by atoms with Crippen molar-refractivity contribution in [1.29, 1.82) is 0 Å². The van der Waals surface area contributed by atoms with Gasteiger partial charge >= 0.3 is 0 Å². The Labute approximate surface area is 164 Å². The molecule has 1 fully saturated rings. The third-order valence-electron chi connectivity index (χ3n) is 5.24. The van der Waals surface area contributed by atoms with Crippen molar-refractivity contribution in [2.45, 2.75) is 25.8 Å². The summed E-state index contributed by atoms with van der Waals surface area (Å²) in [5, 5.41) is 0. The van der Waals surface area contributed by atoms with Crippen LogP contribution in [0.25, 0.3) is 5.57 Å². The average molecular weight is 377 g/mol. The van der Waals surface area contributed by atoms with E-state index in [9.17, 15) is 9.59 Å². The van der Waals surface area contributed by atoms with Gasteiger partial charge in [0.1, 0.15) is 11.4 Å². The Bertz CT molecular complexity index is 918. The van der Waals surface area contributed by atoms with E-state index in [4.69, 9.17) is 4.74 Å². The van der Waals surface area contributed by atoms with Crippen LogP contribution >= 0.6 is 0 Å². The minimum Gasteiger partial charge on any atom is -0.496 e. The van der Waals surface area contributed by atoms with Gasteiger partial charge in [-0.05, 0) is 37.5 Å². The molecule has 0 spiro atoms. The molecule has 0 radical (unpaired) electrons. The first kappa shape index (κ1) is 18.2. The summed E-state index contributed by atoms with van der Waals surface area (Å²) in [5.41, 5.74) is 2.27. The lowest BCUT2D eigenvalue weighted by Gasteiger charge is -2.29. The van der Waals surface area contributed by atoms with Gasteiger partial charge in [-0.3, -0.25) is 19.5 Å². The first-order valence-corrected chi connectivity index (χ1v) is 9.59. The molecule has 0 bridgehead atoms. The molecule has 2 aromatic rings. The number of ether oxygens (including phenoxy) is 1. The molecule has 2 aliphatic rings. The van der Waals surface area contributed by atoms with Crippen LogP contribution in [0.5, 0.6) is 5.75 Å². The topological polar surface area (TPSA) is 62.7 Å². The van der Waals surface area contributed by atoms with Gasteiger partial charge in [0.05, 0.1) is 24.9 Å². The normalized spacial score (nSPS) is 17.5. The zero-order chi connectivity index (χ0) is 19.5. The van der Waals surface area contributed by atoms with Crippen molar-refractivity contribution in [2.75, 3.05) is 20.2 Å². The van der Waals surface area contributed by atoms with Crippen LogP contribution in [0, 0.1) is 0 Å². The standard InChI is InChI=1S/C22H23N3O3/c1-28-18-11-4-3-10-17(18)19-20(24-13-7-2-8-14-24)22(27)25(21(19)26)15-16-9-5-6-12-23-16/h3-6,9-12H,2,7-8,13-15H2,1H3. The molecule has 1 saturated heterocycles. The molecule has 4 rings (SSSR count). The fourth-order valence-corrected chi connectivity index (χ4v) is 3.87. The van der Waals surface area contributed by atoms with Gasteiger partial charge < -0.3 is 9.64 Å². The van der Waals surface area contributed by atoms with Crippen molar-refractivity contribution in [1.82, 2.24) is 14.8 Å². The van der Waals surface area contributed by atoms with Crippen LogP contribution in [-0.2, 0) is 16.1 Å². The average Bonchev–Trinajstić information content (AvgIpc) is 2.99. The minimum absolute atomic E-state index is 0.161. The zero-order valence-electron chi connectivity index (χ0n) is 15.9. The lowest BCUT2D eigenvalue weighted by molar-refractivity contribution is -0.138. The molecular formula is C22H23N3O3. The molecule has 3 heterocycles. The molecule has 0 saturated carbocycles. The van der Waals surface area contributed by atoms with E-state index in [0.717, 1.165) is 32.4 Å². The van der Waals surface area contributed by atoms with Crippen LogP contribution in [-0.4, -0.2) is 46.8 Å². The molecular weight excluding hydrogens is 354 g/mol. The Morgan fingerprint density at radius 2 is 1.71 bits per heavy atom. The Kier molecular flexibility index (Phi) is 5.10. The van der Waals surface area contributed by atoms with E-state index in [-0.39, 0.29) is 18.4 Å².